The van der Waals surface area contributed by atoms with Crippen molar-refractivity contribution in [2.45, 2.75) is 58.9 Å². The number of benzene rings is 1. The molecule has 1 unspecified atom stereocenters. The fourth-order valence-corrected chi connectivity index (χ4v) is 3.91. The Morgan fingerprint density at radius 1 is 1.24 bits per heavy atom. The Balaban J connectivity index is 2.00. The second-order valence-electron chi connectivity index (χ2n) is 6.85. The summed E-state index contributed by atoms with van der Waals surface area (Å²) in [6.45, 7) is 7.73. The lowest BCUT2D eigenvalue weighted by atomic mass is 9.70. The van der Waals surface area contributed by atoms with Crippen LogP contribution in [0.3, 0.4) is 0 Å². The number of hydrogen-bond donors (Lipinski definition) is 1. The normalized spacial score (nSPS) is 19.8. The van der Waals surface area contributed by atoms with Crippen LogP contribution in [-0.4, -0.2) is 6.54 Å². The van der Waals surface area contributed by atoms with Gasteiger partial charge in [0.05, 0.1) is 6.04 Å². The highest BCUT2D eigenvalue weighted by molar-refractivity contribution is 5.81. The minimum absolute atomic E-state index is 0.316. The molecule has 21 heavy (non-hydrogen) atoms. The predicted molar refractivity (Wildman–Crippen MR) is 88.6 cm³/mol. The number of para-hydroxylation sites is 1. The van der Waals surface area contributed by atoms with Gasteiger partial charge in [0.15, 0.2) is 0 Å². The molecule has 114 valence electrons. The standard InChI is InChI=1S/C19H27NO/c1-4-20-18(19(3)11-6-5-7-12-19)16-13-15-10-8-9-14(2)17(15)21-16/h8-10,13,18,20H,4-7,11-12H2,1-3H3. The molecule has 0 radical (unpaired) electrons. The van der Waals surface area contributed by atoms with Crippen molar-refractivity contribution in [3.63, 3.8) is 0 Å². The third kappa shape index (κ3) is 2.74. The molecule has 0 spiro atoms. The highest BCUT2D eigenvalue weighted by Crippen LogP contribution is 2.46. The SMILES string of the molecule is CCNC(c1cc2cccc(C)c2o1)C1(C)CCCCC1. The largest absolute Gasteiger partial charge is 0.459 e. The molecule has 0 amide bonds. The van der Waals surface area contributed by atoms with Gasteiger partial charge in [0.2, 0.25) is 0 Å². The van der Waals surface area contributed by atoms with E-state index < -0.39 is 0 Å². The molecule has 1 N–H and O–H groups in total. The number of rotatable bonds is 4. The molecule has 1 aliphatic rings. The van der Waals surface area contributed by atoms with Gasteiger partial charge in [0, 0.05) is 5.39 Å². The molecule has 0 aliphatic heterocycles. The van der Waals surface area contributed by atoms with Crippen LogP contribution in [0.25, 0.3) is 11.0 Å². The predicted octanol–water partition coefficient (Wildman–Crippen LogP) is 5.36. The summed E-state index contributed by atoms with van der Waals surface area (Å²) in [4.78, 5) is 0. The van der Waals surface area contributed by atoms with Crippen LogP contribution >= 0.6 is 0 Å². The summed E-state index contributed by atoms with van der Waals surface area (Å²) >= 11 is 0. The van der Waals surface area contributed by atoms with Crippen molar-refractivity contribution in [2.24, 2.45) is 5.41 Å². The molecule has 1 atom stereocenters. The Labute approximate surface area is 127 Å². The molecule has 3 rings (SSSR count). The average Bonchev–Trinajstić information content (AvgIpc) is 2.90. The van der Waals surface area contributed by atoms with E-state index in [-0.39, 0.29) is 0 Å². The molecule has 2 nitrogen and oxygen atoms in total. The van der Waals surface area contributed by atoms with Crippen LogP contribution in [0.1, 0.15) is 63.3 Å². The molecule has 2 aromatic rings. The molecule has 0 bridgehead atoms. The summed E-state index contributed by atoms with van der Waals surface area (Å²) < 4.78 is 6.27. The zero-order chi connectivity index (χ0) is 14.9. The van der Waals surface area contributed by atoms with Crippen LogP contribution in [0.4, 0.5) is 0 Å². The highest BCUT2D eigenvalue weighted by Gasteiger charge is 2.37. The fourth-order valence-electron chi connectivity index (χ4n) is 3.91. The van der Waals surface area contributed by atoms with Gasteiger partial charge in [-0.05, 0) is 43.4 Å². The highest BCUT2D eigenvalue weighted by atomic mass is 16.3. The number of hydrogen-bond acceptors (Lipinski definition) is 2. The average molecular weight is 285 g/mol. The zero-order valence-corrected chi connectivity index (χ0v) is 13.5. The van der Waals surface area contributed by atoms with Crippen LogP contribution in [0.5, 0.6) is 0 Å². The second-order valence-corrected chi connectivity index (χ2v) is 6.85. The van der Waals surface area contributed by atoms with Gasteiger partial charge in [-0.3, -0.25) is 0 Å². The van der Waals surface area contributed by atoms with Gasteiger partial charge in [0.1, 0.15) is 11.3 Å². The minimum atomic E-state index is 0.316. The van der Waals surface area contributed by atoms with Crippen LogP contribution in [-0.2, 0) is 0 Å². The molecule has 1 heterocycles. The van der Waals surface area contributed by atoms with E-state index in [1.807, 2.05) is 0 Å². The van der Waals surface area contributed by atoms with E-state index in [0.717, 1.165) is 17.9 Å². The Bertz CT molecular complexity index is 607. The lowest BCUT2D eigenvalue weighted by Gasteiger charge is -2.40. The third-order valence-electron chi connectivity index (χ3n) is 5.15. The van der Waals surface area contributed by atoms with Crippen LogP contribution in [0.15, 0.2) is 28.7 Å². The molecular weight excluding hydrogens is 258 g/mol. The number of fused-ring (bicyclic) bond motifs is 1. The maximum absolute atomic E-state index is 6.27. The summed E-state index contributed by atoms with van der Waals surface area (Å²) in [7, 11) is 0. The molecule has 2 heteroatoms. The van der Waals surface area contributed by atoms with Crippen molar-refractivity contribution in [2.75, 3.05) is 6.54 Å². The maximum atomic E-state index is 6.27. The molecule has 0 saturated heterocycles. The number of furan rings is 1. The summed E-state index contributed by atoms with van der Waals surface area (Å²) in [6, 6.07) is 8.97. The van der Waals surface area contributed by atoms with Gasteiger partial charge in [-0.2, -0.15) is 0 Å². The lowest BCUT2D eigenvalue weighted by Crippen LogP contribution is -2.37. The first-order chi connectivity index (χ1) is 10.1. The van der Waals surface area contributed by atoms with Crippen LogP contribution in [0.2, 0.25) is 0 Å². The fraction of sp³-hybridized carbons (Fsp3) is 0.579. The van der Waals surface area contributed by atoms with E-state index in [9.17, 15) is 0 Å². The third-order valence-corrected chi connectivity index (χ3v) is 5.15. The molecule has 1 saturated carbocycles. The topological polar surface area (TPSA) is 25.2 Å². The number of nitrogens with one attached hydrogen (secondary N) is 1. The van der Waals surface area contributed by atoms with Gasteiger partial charge < -0.3 is 9.73 Å². The molecule has 1 aromatic heterocycles. The van der Waals surface area contributed by atoms with Gasteiger partial charge >= 0.3 is 0 Å². The van der Waals surface area contributed by atoms with Crippen molar-refractivity contribution in [3.05, 3.63) is 35.6 Å². The second kappa shape index (κ2) is 5.84. The van der Waals surface area contributed by atoms with E-state index in [4.69, 9.17) is 4.42 Å². The van der Waals surface area contributed by atoms with Gasteiger partial charge in [-0.25, -0.2) is 0 Å². The lowest BCUT2D eigenvalue weighted by molar-refractivity contribution is 0.131. The monoisotopic (exact) mass is 285 g/mol. The van der Waals surface area contributed by atoms with Crippen molar-refractivity contribution >= 4 is 11.0 Å². The van der Waals surface area contributed by atoms with Crippen molar-refractivity contribution in [1.82, 2.24) is 5.32 Å². The first kappa shape index (κ1) is 14.6. The molecule has 1 aromatic carbocycles. The van der Waals surface area contributed by atoms with E-state index in [2.05, 4.69) is 50.4 Å². The molecular formula is C19H27NO. The summed E-state index contributed by atoms with van der Waals surface area (Å²) in [6.07, 6.45) is 6.66. The van der Waals surface area contributed by atoms with E-state index in [1.54, 1.807) is 0 Å². The minimum Gasteiger partial charge on any atom is -0.459 e. The number of aryl methyl sites for hydroxylation is 1. The van der Waals surface area contributed by atoms with E-state index >= 15 is 0 Å². The first-order valence-corrected chi connectivity index (χ1v) is 8.36. The molecule has 1 aliphatic carbocycles. The van der Waals surface area contributed by atoms with Crippen LogP contribution < -0.4 is 5.32 Å². The van der Waals surface area contributed by atoms with Crippen molar-refractivity contribution < 1.29 is 4.42 Å². The summed E-state index contributed by atoms with van der Waals surface area (Å²) in [5.74, 6) is 1.12. The Morgan fingerprint density at radius 2 is 2.00 bits per heavy atom. The van der Waals surface area contributed by atoms with Crippen molar-refractivity contribution in [3.8, 4) is 0 Å². The van der Waals surface area contributed by atoms with Crippen molar-refractivity contribution in [1.29, 1.82) is 0 Å². The Hall–Kier alpha value is -1.28. The van der Waals surface area contributed by atoms with Gasteiger partial charge in [-0.1, -0.05) is 51.3 Å². The zero-order valence-electron chi connectivity index (χ0n) is 13.5. The Kier molecular flexibility index (Phi) is 4.08. The van der Waals surface area contributed by atoms with E-state index in [0.29, 0.717) is 11.5 Å². The summed E-state index contributed by atoms with van der Waals surface area (Å²) in [5, 5.41) is 4.92. The first-order valence-electron chi connectivity index (χ1n) is 8.36. The summed E-state index contributed by atoms with van der Waals surface area (Å²) in [5.41, 5.74) is 2.59. The maximum Gasteiger partial charge on any atom is 0.137 e. The van der Waals surface area contributed by atoms with E-state index in [1.165, 1.54) is 43.1 Å². The van der Waals surface area contributed by atoms with Gasteiger partial charge in [-0.15, -0.1) is 0 Å². The molecule has 1 fully saturated rings. The smallest absolute Gasteiger partial charge is 0.137 e. The Morgan fingerprint density at radius 3 is 2.67 bits per heavy atom. The van der Waals surface area contributed by atoms with Gasteiger partial charge in [0.25, 0.3) is 0 Å². The van der Waals surface area contributed by atoms with Crippen LogP contribution in [0, 0.1) is 12.3 Å². The quantitative estimate of drug-likeness (QED) is 0.817.